The van der Waals surface area contributed by atoms with Crippen molar-refractivity contribution in [3.8, 4) is 5.75 Å². The summed E-state index contributed by atoms with van der Waals surface area (Å²) in [6.45, 7) is 10.0. The van der Waals surface area contributed by atoms with Crippen LogP contribution in [0.2, 0.25) is 0 Å². The summed E-state index contributed by atoms with van der Waals surface area (Å²) in [6.07, 6.45) is 2.13. The molecule has 0 bridgehead atoms. The number of carbonyl (C=O) groups excluding carboxylic acids is 2. The summed E-state index contributed by atoms with van der Waals surface area (Å²) in [5, 5.41) is 11.6. The molecule has 1 atom stereocenters. The van der Waals surface area contributed by atoms with Crippen molar-refractivity contribution >= 4 is 40.4 Å². The molecule has 1 aromatic carbocycles. The highest BCUT2D eigenvalue weighted by molar-refractivity contribution is 6.04. The number of urea groups is 1. The van der Waals surface area contributed by atoms with E-state index in [1.807, 2.05) is 33.8 Å². The Morgan fingerprint density at radius 3 is 2.53 bits per heavy atom. The number of fused-ring (bicyclic) bond motifs is 2. The standard InChI is InChI=1S/C26H34N8O4/c1-16-15-32(11-12-33(16)25(36)38-26(2,3)4)21-7-9-27-23-17(21)8-10-34(23)24(35)28-20-13-18-19(14-22(20)37-6)30-31(5)29-18/h7,9,13-14,16H,8,10-12,15H2,1-6H3,(H,28,35)/t16-/m1/s1. The molecule has 4 heterocycles. The van der Waals surface area contributed by atoms with Gasteiger partial charge in [-0.3, -0.25) is 4.90 Å². The van der Waals surface area contributed by atoms with Gasteiger partial charge in [0, 0.05) is 62.8 Å². The molecule has 0 aliphatic carbocycles. The van der Waals surface area contributed by atoms with Gasteiger partial charge in [-0.15, -0.1) is 0 Å². The SMILES string of the molecule is COc1cc2nn(C)nc2cc1NC(=O)N1CCc2c(N3CCN(C(=O)OC(C)(C)C)[C@H](C)C3)ccnc21. The van der Waals surface area contributed by atoms with Gasteiger partial charge in [-0.25, -0.2) is 14.6 Å². The molecule has 3 amide bonds. The van der Waals surface area contributed by atoms with Gasteiger partial charge in [0.25, 0.3) is 0 Å². The van der Waals surface area contributed by atoms with Crippen molar-refractivity contribution in [2.45, 2.75) is 45.8 Å². The fraction of sp³-hybridized carbons (Fsp3) is 0.500. The number of anilines is 3. The zero-order valence-corrected chi connectivity index (χ0v) is 22.7. The van der Waals surface area contributed by atoms with Crippen molar-refractivity contribution < 1.29 is 19.1 Å². The Morgan fingerprint density at radius 2 is 1.84 bits per heavy atom. The fourth-order valence-corrected chi connectivity index (χ4v) is 5.04. The average Bonchev–Trinajstić information content (AvgIpc) is 3.44. The molecule has 38 heavy (non-hydrogen) atoms. The molecule has 0 saturated carbocycles. The van der Waals surface area contributed by atoms with Crippen molar-refractivity contribution in [3.05, 3.63) is 30.0 Å². The van der Waals surface area contributed by atoms with E-state index in [0.717, 1.165) is 11.3 Å². The van der Waals surface area contributed by atoms with Gasteiger partial charge in [0.2, 0.25) is 0 Å². The van der Waals surface area contributed by atoms with Crippen molar-refractivity contribution in [2.75, 3.05) is 48.4 Å². The van der Waals surface area contributed by atoms with Gasteiger partial charge in [-0.1, -0.05) is 0 Å². The number of carbonyl (C=O) groups is 2. The lowest BCUT2D eigenvalue weighted by Crippen LogP contribution is -2.55. The van der Waals surface area contributed by atoms with Crippen LogP contribution in [0.5, 0.6) is 5.75 Å². The maximum Gasteiger partial charge on any atom is 0.410 e. The number of benzene rings is 1. The normalized spacial score (nSPS) is 17.5. The molecule has 1 saturated heterocycles. The Balaban J connectivity index is 1.32. The summed E-state index contributed by atoms with van der Waals surface area (Å²) in [6, 6.07) is 5.18. The average molecular weight is 523 g/mol. The van der Waals surface area contributed by atoms with E-state index in [1.54, 1.807) is 42.3 Å². The molecule has 0 unspecified atom stereocenters. The molecule has 2 aliphatic heterocycles. The van der Waals surface area contributed by atoms with Crippen LogP contribution in [0.3, 0.4) is 0 Å². The first kappa shape index (κ1) is 25.6. The number of hydrogen-bond donors (Lipinski definition) is 1. The lowest BCUT2D eigenvalue weighted by molar-refractivity contribution is 0.0159. The summed E-state index contributed by atoms with van der Waals surface area (Å²) in [5.74, 6) is 1.14. The number of methoxy groups -OCH3 is 1. The van der Waals surface area contributed by atoms with Crippen LogP contribution in [0.1, 0.15) is 33.3 Å². The first-order valence-corrected chi connectivity index (χ1v) is 12.7. The molecule has 12 nitrogen and oxygen atoms in total. The number of pyridine rings is 1. The van der Waals surface area contributed by atoms with Crippen LogP contribution in [0.25, 0.3) is 11.0 Å². The van der Waals surface area contributed by atoms with Gasteiger partial charge in [0.1, 0.15) is 28.2 Å². The van der Waals surface area contributed by atoms with Gasteiger partial charge in [0.15, 0.2) is 0 Å². The van der Waals surface area contributed by atoms with Crippen LogP contribution in [0, 0.1) is 0 Å². The third-order valence-corrected chi connectivity index (χ3v) is 6.73. The Morgan fingerprint density at radius 1 is 1.11 bits per heavy atom. The third-order valence-electron chi connectivity index (χ3n) is 6.73. The quantitative estimate of drug-likeness (QED) is 0.556. The van der Waals surface area contributed by atoms with Crippen LogP contribution < -0.4 is 19.9 Å². The number of hydrogen-bond acceptors (Lipinski definition) is 8. The highest BCUT2D eigenvalue weighted by Crippen LogP contribution is 2.36. The Bertz CT molecular complexity index is 1380. The monoisotopic (exact) mass is 522 g/mol. The third kappa shape index (κ3) is 4.90. The minimum absolute atomic E-state index is 0.0216. The van der Waals surface area contributed by atoms with Crippen molar-refractivity contribution in [1.29, 1.82) is 0 Å². The van der Waals surface area contributed by atoms with Crippen LogP contribution in [0.4, 0.5) is 26.8 Å². The molecule has 2 aromatic heterocycles. The first-order chi connectivity index (χ1) is 18.0. The van der Waals surface area contributed by atoms with Crippen molar-refractivity contribution in [3.63, 3.8) is 0 Å². The van der Waals surface area contributed by atoms with E-state index >= 15 is 0 Å². The number of rotatable bonds is 3. The summed E-state index contributed by atoms with van der Waals surface area (Å²) < 4.78 is 11.1. The maximum atomic E-state index is 13.4. The van der Waals surface area contributed by atoms with Gasteiger partial charge in [-0.2, -0.15) is 15.0 Å². The number of aryl methyl sites for hydroxylation is 1. The van der Waals surface area contributed by atoms with E-state index in [4.69, 9.17) is 9.47 Å². The largest absolute Gasteiger partial charge is 0.494 e. The minimum atomic E-state index is -0.534. The number of nitrogens with one attached hydrogen (secondary N) is 1. The second kappa shape index (κ2) is 9.66. The molecule has 1 N–H and O–H groups in total. The van der Waals surface area contributed by atoms with Crippen LogP contribution in [-0.4, -0.2) is 81.9 Å². The molecule has 3 aromatic rings. The predicted molar refractivity (Wildman–Crippen MR) is 144 cm³/mol. The Hall–Kier alpha value is -4.09. The molecule has 12 heteroatoms. The van der Waals surface area contributed by atoms with Crippen molar-refractivity contribution in [1.82, 2.24) is 24.9 Å². The van der Waals surface area contributed by atoms with Gasteiger partial charge < -0.3 is 24.6 Å². The fourth-order valence-electron chi connectivity index (χ4n) is 5.04. The minimum Gasteiger partial charge on any atom is -0.494 e. The second-order valence-corrected chi connectivity index (χ2v) is 10.7. The molecule has 1 fully saturated rings. The molecular formula is C26H34N8O4. The summed E-state index contributed by atoms with van der Waals surface area (Å²) in [4.78, 5) is 37.7. The molecule has 5 rings (SSSR count). The Labute approximate surface area is 221 Å². The molecule has 0 spiro atoms. The number of ether oxygens (including phenoxy) is 2. The highest BCUT2D eigenvalue weighted by atomic mass is 16.6. The van der Waals surface area contributed by atoms with E-state index in [9.17, 15) is 9.59 Å². The number of piperazine rings is 1. The zero-order chi connectivity index (χ0) is 27.2. The molecular weight excluding hydrogens is 488 g/mol. The summed E-state index contributed by atoms with van der Waals surface area (Å²) in [5.41, 5.74) is 3.39. The van der Waals surface area contributed by atoms with Crippen LogP contribution >= 0.6 is 0 Å². The zero-order valence-electron chi connectivity index (χ0n) is 22.7. The number of nitrogens with zero attached hydrogens (tertiary/aromatic N) is 7. The van der Waals surface area contributed by atoms with Gasteiger partial charge in [-0.05, 0) is 46.2 Å². The molecule has 0 radical (unpaired) electrons. The topological polar surface area (TPSA) is 118 Å². The van der Waals surface area contributed by atoms with E-state index in [-0.39, 0.29) is 18.2 Å². The van der Waals surface area contributed by atoms with Gasteiger partial charge in [0.05, 0.1) is 12.8 Å². The van der Waals surface area contributed by atoms with Crippen molar-refractivity contribution in [2.24, 2.45) is 7.05 Å². The van der Waals surface area contributed by atoms with E-state index < -0.39 is 5.60 Å². The molecule has 202 valence electrons. The first-order valence-electron chi connectivity index (χ1n) is 12.7. The smallest absolute Gasteiger partial charge is 0.410 e. The second-order valence-electron chi connectivity index (χ2n) is 10.7. The van der Waals surface area contributed by atoms with E-state index in [0.29, 0.717) is 60.9 Å². The number of amides is 3. The van der Waals surface area contributed by atoms with Gasteiger partial charge >= 0.3 is 12.1 Å². The maximum absolute atomic E-state index is 13.4. The van der Waals surface area contributed by atoms with Crippen LogP contribution in [0.15, 0.2) is 24.4 Å². The summed E-state index contributed by atoms with van der Waals surface area (Å²) in [7, 11) is 3.29. The highest BCUT2D eigenvalue weighted by Gasteiger charge is 2.34. The Kier molecular flexibility index (Phi) is 6.49. The number of aromatic nitrogens is 4. The van der Waals surface area contributed by atoms with Crippen LogP contribution in [-0.2, 0) is 18.2 Å². The summed E-state index contributed by atoms with van der Waals surface area (Å²) >= 11 is 0. The molecule has 2 aliphatic rings. The predicted octanol–water partition coefficient (Wildman–Crippen LogP) is 3.41. The van der Waals surface area contributed by atoms with E-state index in [1.165, 1.54) is 4.80 Å². The van der Waals surface area contributed by atoms with E-state index in [2.05, 4.69) is 25.4 Å². The lowest BCUT2D eigenvalue weighted by Gasteiger charge is -2.41. The lowest BCUT2D eigenvalue weighted by atomic mass is 10.1.